The summed E-state index contributed by atoms with van der Waals surface area (Å²) in [6, 6.07) is -0.467. The van der Waals surface area contributed by atoms with Crippen LogP contribution in [0.4, 0.5) is 0 Å². The van der Waals surface area contributed by atoms with Crippen molar-refractivity contribution in [3.05, 3.63) is 0 Å². The molecule has 0 aromatic heterocycles. The lowest BCUT2D eigenvalue weighted by Gasteiger charge is -2.44. The minimum atomic E-state index is -1.17. The van der Waals surface area contributed by atoms with E-state index in [1.54, 1.807) is 0 Å². The summed E-state index contributed by atoms with van der Waals surface area (Å²) >= 11 is 0. The van der Waals surface area contributed by atoms with E-state index in [0.29, 0.717) is 39.6 Å². The molecule has 0 aromatic rings. The maximum absolute atomic E-state index is 5.97. The van der Waals surface area contributed by atoms with E-state index < -0.39 is 11.9 Å². The van der Waals surface area contributed by atoms with E-state index in [4.69, 9.17) is 28.4 Å². The SMILES string of the molecule is CCOC(OCC)(OCC)C(CC)NC(CC)C(OCC)(OCC)OCC. The van der Waals surface area contributed by atoms with Crippen LogP contribution in [-0.4, -0.2) is 63.7 Å². The zero-order valence-corrected chi connectivity index (χ0v) is 18.8. The van der Waals surface area contributed by atoms with Crippen LogP contribution in [0.2, 0.25) is 0 Å². The summed E-state index contributed by atoms with van der Waals surface area (Å²) in [6.45, 7) is 18.6. The summed E-state index contributed by atoms with van der Waals surface area (Å²) in [5, 5.41) is 3.59. The van der Waals surface area contributed by atoms with Crippen LogP contribution in [0.3, 0.4) is 0 Å². The van der Waals surface area contributed by atoms with Gasteiger partial charge in [0, 0.05) is 39.6 Å². The average Bonchev–Trinajstić information content (AvgIpc) is 2.63. The summed E-state index contributed by atoms with van der Waals surface area (Å²) in [4.78, 5) is 0. The molecule has 7 nitrogen and oxygen atoms in total. The van der Waals surface area contributed by atoms with Gasteiger partial charge in [-0.15, -0.1) is 0 Å². The topological polar surface area (TPSA) is 67.4 Å². The van der Waals surface area contributed by atoms with E-state index in [1.165, 1.54) is 0 Å². The first-order chi connectivity index (χ1) is 13.0. The third kappa shape index (κ3) is 7.57. The summed E-state index contributed by atoms with van der Waals surface area (Å²) in [5.74, 6) is -2.34. The first-order valence-electron chi connectivity index (χ1n) is 10.6. The molecule has 2 unspecified atom stereocenters. The summed E-state index contributed by atoms with van der Waals surface area (Å²) in [7, 11) is 0. The molecular weight excluding hydrogens is 350 g/mol. The molecule has 0 bridgehead atoms. The number of hydrogen-bond acceptors (Lipinski definition) is 7. The highest BCUT2D eigenvalue weighted by Crippen LogP contribution is 2.28. The molecule has 0 aliphatic carbocycles. The molecule has 0 saturated carbocycles. The molecule has 0 aliphatic rings. The van der Waals surface area contributed by atoms with Crippen LogP contribution in [0.1, 0.15) is 68.2 Å². The molecule has 0 spiro atoms. The summed E-state index contributed by atoms with van der Waals surface area (Å²) in [5.41, 5.74) is 0. The highest BCUT2D eigenvalue weighted by Gasteiger charge is 2.48. The smallest absolute Gasteiger partial charge is 0.299 e. The molecule has 7 heteroatoms. The van der Waals surface area contributed by atoms with Gasteiger partial charge in [-0.2, -0.15) is 0 Å². The van der Waals surface area contributed by atoms with Crippen molar-refractivity contribution in [1.82, 2.24) is 5.32 Å². The monoisotopic (exact) mass is 393 g/mol. The van der Waals surface area contributed by atoms with Crippen LogP contribution >= 0.6 is 0 Å². The van der Waals surface area contributed by atoms with E-state index in [0.717, 1.165) is 12.8 Å². The van der Waals surface area contributed by atoms with Crippen molar-refractivity contribution in [3.63, 3.8) is 0 Å². The Labute approximate surface area is 166 Å². The molecule has 27 heavy (non-hydrogen) atoms. The highest BCUT2D eigenvalue weighted by molar-refractivity contribution is 4.86. The largest absolute Gasteiger partial charge is 0.327 e. The Bertz CT molecular complexity index is 289. The van der Waals surface area contributed by atoms with E-state index in [-0.39, 0.29) is 12.1 Å². The highest BCUT2D eigenvalue weighted by atomic mass is 16.9. The zero-order valence-electron chi connectivity index (χ0n) is 18.8. The Morgan fingerprint density at radius 3 is 0.852 bits per heavy atom. The lowest BCUT2D eigenvalue weighted by Crippen LogP contribution is -2.64. The van der Waals surface area contributed by atoms with Crippen LogP contribution in [0, 0.1) is 0 Å². The van der Waals surface area contributed by atoms with Crippen molar-refractivity contribution < 1.29 is 28.4 Å². The normalized spacial score (nSPS) is 15.1. The standard InChI is InChI=1S/C20H43NO6/c1-9-17(19(22-11-3,23-12-4)24-13-5)21-18(10-2)20(25-14-6,26-15-7)27-16-8/h17-18,21H,9-16H2,1-8H3. The van der Waals surface area contributed by atoms with Gasteiger partial charge >= 0.3 is 0 Å². The van der Waals surface area contributed by atoms with Gasteiger partial charge in [-0.05, 0) is 54.4 Å². The van der Waals surface area contributed by atoms with Gasteiger partial charge < -0.3 is 28.4 Å². The first-order valence-corrected chi connectivity index (χ1v) is 10.6. The Kier molecular flexibility index (Phi) is 14.5. The van der Waals surface area contributed by atoms with E-state index in [9.17, 15) is 0 Å². The van der Waals surface area contributed by atoms with E-state index in [1.807, 2.05) is 41.5 Å². The predicted octanol–water partition coefficient (Wildman–Crippen LogP) is 3.66. The van der Waals surface area contributed by atoms with Crippen molar-refractivity contribution >= 4 is 0 Å². The second-order valence-electron chi connectivity index (χ2n) is 5.89. The van der Waals surface area contributed by atoms with Crippen LogP contribution in [0.25, 0.3) is 0 Å². The predicted molar refractivity (Wildman–Crippen MR) is 107 cm³/mol. The minimum Gasteiger partial charge on any atom is -0.327 e. The average molecular weight is 394 g/mol. The van der Waals surface area contributed by atoms with Gasteiger partial charge in [-0.3, -0.25) is 5.32 Å². The second kappa shape index (κ2) is 14.7. The van der Waals surface area contributed by atoms with Gasteiger partial charge in [0.15, 0.2) is 0 Å². The van der Waals surface area contributed by atoms with Crippen LogP contribution in [-0.2, 0) is 28.4 Å². The van der Waals surface area contributed by atoms with E-state index >= 15 is 0 Å². The number of hydrogen-bond donors (Lipinski definition) is 1. The molecule has 0 aromatic carbocycles. The van der Waals surface area contributed by atoms with Crippen molar-refractivity contribution in [2.24, 2.45) is 0 Å². The molecule has 0 rings (SSSR count). The molecule has 164 valence electrons. The fraction of sp³-hybridized carbons (Fsp3) is 1.00. The number of rotatable bonds is 18. The molecule has 2 atom stereocenters. The molecule has 0 aliphatic heterocycles. The molecule has 0 fully saturated rings. The number of nitrogens with one attached hydrogen (secondary N) is 1. The van der Waals surface area contributed by atoms with Crippen molar-refractivity contribution in [2.75, 3.05) is 39.6 Å². The Morgan fingerprint density at radius 2 is 0.704 bits per heavy atom. The summed E-state index contributed by atoms with van der Waals surface area (Å²) in [6.07, 6.45) is 1.47. The molecule has 0 saturated heterocycles. The van der Waals surface area contributed by atoms with Crippen molar-refractivity contribution in [3.8, 4) is 0 Å². The van der Waals surface area contributed by atoms with Gasteiger partial charge in [0.25, 0.3) is 11.9 Å². The Morgan fingerprint density at radius 1 is 0.481 bits per heavy atom. The lowest BCUT2D eigenvalue weighted by molar-refractivity contribution is -0.407. The number of ether oxygens (including phenoxy) is 6. The summed E-state index contributed by atoms with van der Waals surface area (Å²) < 4.78 is 35.8. The zero-order chi connectivity index (χ0) is 20.8. The van der Waals surface area contributed by atoms with Gasteiger partial charge in [-0.1, -0.05) is 13.8 Å². The second-order valence-corrected chi connectivity index (χ2v) is 5.89. The van der Waals surface area contributed by atoms with E-state index in [2.05, 4.69) is 19.2 Å². The molecule has 0 radical (unpaired) electrons. The lowest BCUT2D eigenvalue weighted by atomic mass is 10.1. The minimum absolute atomic E-state index is 0.233. The van der Waals surface area contributed by atoms with Crippen molar-refractivity contribution in [2.45, 2.75) is 92.3 Å². The van der Waals surface area contributed by atoms with Gasteiger partial charge in [0.1, 0.15) is 0 Å². The fourth-order valence-corrected chi connectivity index (χ4v) is 3.24. The Hall–Kier alpha value is -0.280. The quantitative estimate of drug-likeness (QED) is 0.356. The van der Waals surface area contributed by atoms with Gasteiger partial charge in [0.2, 0.25) is 0 Å². The van der Waals surface area contributed by atoms with Gasteiger partial charge in [0.05, 0.1) is 12.1 Å². The van der Waals surface area contributed by atoms with Crippen LogP contribution < -0.4 is 5.32 Å². The fourth-order valence-electron chi connectivity index (χ4n) is 3.24. The molecule has 1 N–H and O–H groups in total. The van der Waals surface area contributed by atoms with Crippen LogP contribution in [0.5, 0.6) is 0 Å². The maximum atomic E-state index is 5.97. The first kappa shape index (κ1) is 26.7. The maximum Gasteiger partial charge on any atom is 0.299 e. The van der Waals surface area contributed by atoms with Gasteiger partial charge in [-0.25, -0.2) is 0 Å². The molecule has 0 heterocycles. The third-order valence-electron chi connectivity index (χ3n) is 4.15. The third-order valence-corrected chi connectivity index (χ3v) is 4.15. The Balaban J connectivity index is 5.81. The molecular formula is C20H43NO6. The van der Waals surface area contributed by atoms with Crippen LogP contribution in [0.15, 0.2) is 0 Å². The molecule has 0 amide bonds. The van der Waals surface area contributed by atoms with Crippen molar-refractivity contribution in [1.29, 1.82) is 0 Å².